The van der Waals surface area contributed by atoms with Crippen molar-refractivity contribution < 1.29 is 9.59 Å². The minimum atomic E-state index is -0.494. The molecule has 118 valence electrons. The van der Waals surface area contributed by atoms with Gasteiger partial charge in [-0.25, -0.2) is 0 Å². The molecular formula is C15H24BrN3O2. The van der Waals surface area contributed by atoms with Crippen molar-refractivity contribution in [2.45, 2.75) is 39.8 Å². The molecule has 1 N–H and O–H groups in total. The number of hydrogen-bond donors (Lipinski definition) is 1. The molecule has 21 heavy (non-hydrogen) atoms. The maximum Gasteiger partial charge on any atom is 0.268 e. The zero-order valence-electron chi connectivity index (χ0n) is 13.3. The lowest BCUT2D eigenvalue weighted by molar-refractivity contribution is -0.131. The summed E-state index contributed by atoms with van der Waals surface area (Å²) in [5, 5.41) is 2.86. The van der Waals surface area contributed by atoms with Crippen molar-refractivity contribution in [2.24, 2.45) is 5.92 Å². The Bertz CT molecular complexity index is 509. The van der Waals surface area contributed by atoms with Crippen LogP contribution in [0.15, 0.2) is 16.7 Å². The Morgan fingerprint density at radius 3 is 2.48 bits per heavy atom. The highest BCUT2D eigenvalue weighted by atomic mass is 79.9. The molecule has 0 saturated heterocycles. The second-order valence-electron chi connectivity index (χ2n) is 5.72. The summed E-state index contributed by atoms with van der Waals surface area (Å²) in [5.74, 6) is 0.0259. The highest BCUT2D eigenvalue weighted by Crippen LogP contribution is 2.16. The Morgan fingerprint density at radius 1 is 1.38 bits per heavy atom. The Kier molecular flexibility index (Phi) is 6.45. The van der Waals surface area contributed by atoms with Crippen LogP contribution in [-0.2, 0) is 11.3 Å². The quantitative estimate of drug-likeness (QED) is 0.850. The van der Waals surface area contributed by atoms with Crippen molar-refractivity contribution in [3.05, 3.63) is 22.4 Å². The number of carbonyl (C=O) groups excluding carboxylic acids is 2. The normalized spacial score (nSPS) is 12.3. The van der Waals surface area contributed by atoms with E-state index in [1.165, 1.54) is 4.90 Å². The molecular weight excluding hydrogens is 334 g/mol. The second kappa shape index (κ2) is 7.64. The molecule has 1 rings (SSSR count). The highest BCUT2D eigenvalue weighted by Gasteiger charge is 2.25. The van der Waals surface area contributed by atoms with Gasteiger partial charge in [-0.15, -0.1) is 0 Å². The maximum absolute atomic E-state index is 12.4. The third-order valence-electron chi connectivity index (χ3n) is 3.19. The van der Waals surface area contributed by atoms with Gasteiger partial charge in [-0.2, -0.15) is 0 Å². The number of halogens is 1. The smallest absolute Gasteiger partial charge is 0.268 e. The first kappa shape index (κ1) is 17.8. The zero-order valence-corrected chi connectivity index (χ0v) is 14.9. The molecule has 0 aliphatic carbocycles. The average molecular weight is 358 g/mol. The predicted octanol–water partition coefficient (Wildman–Crippen LogP) is 2.50. The largest absolute Gasteiger partial charge is 0.347 e. The molecule has 1 aromatic heterocycles. The summed E-state index contributed by atoms with van der Waals surface area (Å²) in [4.78, 5) is 26.1. The van der Waals surface area contributed by atoms with E-state index >= 15 is 0 Å². The fraction of sp³-hybridized carbons (Fsp3) is 0.600. The molecule has 0 fully saturated rings. The van der Waals surface area contributed by atoms with Gasteiger partial charge in [0.2, 0.25) is 5.91 Å². The summed E-state index contributed by atoms with van der Waals surface area (Å²) in [6.07, 6.45) is 2.48. The molecule has 1 aromatic rings. The van der Waals surface area contributed by atoms with Crippen LogP contribution in [0.3, 0.4) is 0 Å². The van der Waals surface area contributed by atoms with Crippen molar-refractivity contribution in [3.63, 3.8) is 0 Å². The van der Waals surface area contributed by atoms with Crippen molar-refractivity contribution >= 4 is 27.7 Å². The molecule has 1 heterocycles. The molecule has 0 aromatic carbocycles. The van der Waals surface area contributed by atoms with E-state index in [1.807, 2.05) is 31.5 Å². The third kappa shape index (κ3) is 4.88. The second-order valence-corrected chi connectivity index (χ2v) is 6.63. The van der Waals surface area contributed by atoms with E-state index in [2.05, 4.69) is 21.2 Å². The summed E-state index contributed by atoms with van der Waals surface area (Å²) in [6.45, 7) is 6.74. The van der Waals surface area contributed by atoms with Gasteiger partial charge in [0.15, 0.2) is 0 Å². The lowest BCUT2D eigenvalue weighted by Gasteiger charge is -2.23. The molecule has 0 radical (unpaired) electrons. The summed E-state index contributed by atoms with van der Waals surface area (Å²) in [6, 6.07) is 1.28. The number of carbonyl (C=O) groups is 2. The summed E-state index contributed by atoms with van der Waals surface area (Å²) in [5.41, 5.74) is 0.560. The van der Waals surface area contributed by atoms with Crippen molar-refractivity contribution in [1.29, 1.82) is 0 Å². The number of aromatic nitrogens is 1. The van der Waals surface area contributed by atoms with E-state index in [0.29, 0.717) is 24.6 Å². The fourth-order valence-electron chi connectivity index (χ4n) is 2.16. The molecule has 5 nitrogen and oxygen atoms in total. The first-order chi connectivity index (χ1) is 9.76. The standard InChI is InChI=1S/C15H24BrN3O2/c1-6-19-9-11(16)8-13(19)14(20)17-12(7-10(2)3)15(21)18(4)5/h8-10,12H,6-7H2,1-5H3,(H,17,20). The molecule has 6 heteroatoms. The van der Waals surface area contributed by atoms with Crippen molar-refractivity contribution in [3.8, 4) is 0 Å². The van der Waals surface area contributed by atoms with Crippen LogP contribution in [0.25, 0.3) is 0 Å². The summed E-state index contributed by atoms with van der Waals surface area (Å²) < 4.78 is 2.71. The van der Waals surface area contributed by atoms with E-state index in [-0.39, 0.29) is 11.8 Å². The van der Waals surface area contributed by atoms with Crippen molar-refractivity contribution in [2.75, 3.05) is 14.1 Å². The molecule has 2 amide bonds. The minimum absolute atomic E-state index is 0.0780. The zero-order chi connectivity index (χ0) is 16.2. The molecule has 0 saturated carbocycles. The number of aryl methyl sites for hydroxylation is 1. The first-order valence-corrected chi connectivity index (χ1v) is 7.93. The Morgan fingerprint density at radius 2 is 2.00 bits per heavy atom. The molecule has 0 spiro atoms. The van der Waals surface area contributed by atoms with Gasteiger partial charge in [0.05, 0.1) is 0 Å². The van der Waals surface area contributed by atoms with Crippen LogP contribution >= 0.6 is 15.9 Å². The SMILES string of the molecule is CCn1cc(Br)cc1C(=O)NC(CC(C)C)C(=O)N(C)C. The lowest BCUT2D eigenvalue weighted by Crippen LogP contribution is -2.47. The molecule has 0 aliphatic heterocycles. The van der Waals surface area contributed by atoms with Crippen LogP contribution in [0.1, 0.15) is 37.7 Å². The van der Waals surface area contributed by atoms with Crippen molar-refractivity contribution in [1.82, 2.24) is 14.8 Å². The predicted molar refractivity (Wildman–Crippen MR) is 87.2 cm³/mol. The van der Waals surface area contributed by atoms with E-state index in [0.717, 1.165) is 4.47 Å². The number of likely N-dealkylation sites (N-methyl/N-ethyl adjacent to an activating group) is 1. The van der Waals surface area contributed by atoms with Gasteiger partial charge >= 0.3 is 0 Å². The van der Waals surface area contributed by atoms with E-state index in [1.54, 1.807) is 20.2 Å². The minimum Gasteiger partial charge on any atom is -0.347 e. The Balaban J connectivity index is 2.91. The number of nitrogens with zero attached hydrogens (tertiary/aromatic N) is 2. The lowest BCUT2D eigenvalue weighted by atomic mass is 10.0. The highest BCUT2D eigenvalue weighted by molar-refractivity contribution is 9.10. The summed E-state index contributed by atoms with van der Waals surface area (Å²) >= 11 is 3.37. The van der Waals surface area contributed by atoms with Crippen LogP contribution in [0.5, 0.6) is 0 Å². The number of hydrogen-bond acceptors (Lipinski definition) is 2. The van der Waals surface area contributed by atoms with Crippen LogP contribution in [0, 0.1) is 5.92 Å². The van der Waals surface area contributed by atoms with Gasteiger partial charge in [-0.1, -0.05) is 13.8 Å². The van der Waals surface area contributed by atoms with E-state index < -0.39 is 6.04 Å². The summed E-state index contributed by atoms with van der Waals surface area (Å²) in [7, 11) is 3.40. The monoisotopic (exact) mass is 357 g/mol. The van der Waals surface area contributed by atoms with Gasteiger partial charge < -0.3 is 14.8 Å². The molecule has 1 unspecified atom stereocenters. The topological polar surface area (TPSA) is 54.3 Å². The fourth-order valence-corrected chi connectivity index (χ4v) is 2.63. The Labute approximate surface area is 134 Å². The van der Waals surface area contributed by atoms with Gasteiger partial charge in [0.25, 0.3) is 5.91 Å². The molecule has 1 atom stereocenters. The maximum atomic E-state index is 12.4. The number of nitrogens with one attached hydrogen (secondary N) is 1. The van der Waals surface area contributed by atoms with Gasteiger partial charge in [-0.3, -0.25) is 9.59 Å². The number of amides is 2. The van der Waals surface area contributed by atoms with Crippen LogP contribution in [0.2, 0.25) is 0 Å². The molecule has 0 aliphatic rings. The number of rotatable bonds is 6. The van der Waals surface area contributed by atoms with Gasteiger partial charge in [-0.05, 0) is 41.3 Å². The first-order valence-electron chi connectivity index (χ1n) is 7.13. The third-order valence-corrected chi connectivity index (χ3v) is 3.62. The van der Waals surface area contributed by atoms with Crippen LogP contribution < -0.4 is 5.32 Å². The van der Waals surface area contributed by atoms with Crippen LogP contribution in [-0.4, -0.2) is 41.4 Å². The average Bonchev–Trinajstić information content (AvgIpc) is 2.77. The molecule has 0 bridgehead atoms. The Hall–Kier alpha value is -1.30. The van der Waals surface area contributed by atoms with E-state index in [9.17, 15) is 9.59 Å². The van der Waals surface area contributed by atoms with Gasteiger partial charge in [0.1, 0.15) is 11.7 Å². The van der Waals surface area contributed by atoms with Crippen LogP contribution in [0.4, 0.5) is 0 Å². The van der Waals surface area contributed by atoms with E-state index in [4.69, 9.17) is 0 Å². The van der Waals surface area contributed by atoms with Gasteiger partial charge in [0, 0.05) is 31.3 Å².